The highest BCUT2D eigenvalue weighted by Gasteiger charge is 2.60. The van der Waals surface area contributed by atoms with E-state index in [1.165, 1.54) is 180 Å². The van der Waals surface area contributed by atoms with E-state index in [2.05, 4.69) is 52.0 Å². The van der Waals surface area contributed by atoms with E-state index in [4.69, 9.17) is 46.9 Å². The van der Waals surface area contributed by atoms with Crippen LogP contribution in [-0.4, -0.2) is 205 Å². The molecule has 3 rings (SSSR count). The Labute approximate surface area is 698 Å². The van der Waals surface area contributed by atoms with Gasteiger partial charge in [-0.2, -0.15) is 0 Å². The summed E-state index contributed by atoms with van der Waals surface area (Å²) in [5, 5.41) is 102. The molecule has 18 atom stereocenters. The van der Waals surface area contributed by atoms with Crippen LogP contribution in [0.25, 0.3) is 0 Å². The standard InChI is InChI=1S/C90H165O25P/c1-5-9-13-17-21-25-29-33-35-37-41-42-46-50-54-58-62-73(92)106-67-70(109-75(94)64-60-56-52-48-44-38-31-27-23-19-15-11-7-3)68-108-116(104,105)115-88-86(113-89-83(102)79(98)77(96)71(66-91)110-89)82(101)81(100)85(112-76(95)65-61-57-53-49-45-39-32-28-24-20-16-12-8-4)87(88)114-90-84(103)80(99)78(97)72(111-90)69-107-74(93)63-59-55-51-47-43-40-36-34-30-26-22-18-14-10-6-2/h38-39,44-45,70-72,77-91,96-103H,5-37,40-43,46-69H2,1-4H3,(H,104,105)/b44-38-,45-39-. The lowest BCUT2D eigenvalue weighted by atomic mass is 9.84. The number of hydrogen-bond acceptors (Lipinski definition) is 24. The highest BCUT2D eigenvalue weighted by molar-refractivity contribution is 7.47. The Morgan fingerprint density at radius 2 is 0.647 bits per heavy atom. The average molecular weight is 1680 g/mol. The van der Waals surface area contributed by atoms with Crippen molar-refractivity contribution in [1.82, 2.24) is 0 Å². The summed E-state index contributed by atoms with van der Waals surface area (Å²) in [6, 6.07) is 0. The number of carbonyl (C=O) groups excluding carboxylic acids is 4. The van der Waals surface area contributed by atoms with Crippen LogP contribution in [0.2, 0.25) is 0 Å². The minimum atomic E-state index is -5.81. The largest absolute Gasteiger partial charge is 0.472 e. The molecule has 680 valence electrons. The molecule has 0 aromatic heterocycles. The number of phosphoric acid groups is 1. The van der Waals surface area contributed by atoms with Gasteiger partial charge in [-0.05, 0) is 77.0 Å². The molecule has 0 spiro atoms. The number of aliphatic hydroxyl groups is 9. The third-order valence-corrected chi connectivity index (χ3v) is 23.7. The number of phosphoric ester groups is 1. The van der Waals surface area contributed by atoms with Gasteiger partial charge in [-0.15, -0.1) is 0 Å². The summed E-state index contributed by atoms with van der Waals surface area (Å²) in [6.45, 7) is 5.56. The van der Waals surface area contributed by atoms with Crippen LogP contribution in [0, 0.1) is 0 Å². The van der Waals surface area contributed by atoms with Gasteiger partial charge in [0.1, 0.15) is 92.6 Å². The van der Waals surface area contributed by atoms with Crippen molar-refractivity contribution in [2.24, 2.45) is 0 Å². The Balaban J connectivity index is 1.92. The van der Waals surface area contributed by atoms with Gasteiger partial charge in [0, 0.05) is 25.7 Å². The number of hydrogen-bond donors (Lipinski definition) is 10. The molecule has 26 heteroatoms. The number of esters is 4. The summed E-state index contributed by atoms with van der Waals surface area (Å²) in [4.78, 5) is 66.4. The zero-order valence-electron chi connectivity index (χ0n) is 72.3. The second kappa shape index (κ2) is 69.4. The van der Waals surface area contributed by atoms with Gasteiger partial charge in [0.25, 0.3) is 0 Å². The Morgan fingerprint density at radius 3 is 1.03 bits per heavy atom. The zero-order chi connectivity index (χ0) is 84.7. The number of ether oxygens (including phenoxy) is 8. The van der Waals surface area contributed by atoms with Crippen molar-refractivity contribution in [1.29, 1.82) is 0 Å². The molecule has 0 amide bonds. The Bertz CT molecular complexity index is 2510. The minimum absolute atomic E-state index is 0.0155. The predicted molar refractivity (Wildman–Crippen MR) is 449 cm³/mol. The molecular formula is C90H165O25P. The molecule has 0 aromatic rings. The van der Waals surface area contributed by atoms with Crippen molar-refractivity contribution in [3.05, 3.63) is 24.3 Å². The summed E-state index contributed by atoms with van der Waals surface area (Å²) in [6.07, 6.45) is 29.0. The molecule has 18 unspecified atom stereocenters. The average Bonchev–Trinajstić information content (AvgIpc) is 0.760. The van der Waals surface area contributed by atoms with Crippen LogP contribution in [0.4, 0.5) is 0 Å². The number of rotatable bonds is 75. The van der Waals surface area contributed by atoms with Gasteiger partial charge in [-0.25, -0.2) is 4.57 Å². The normalized spacial score (nSPS) is 25.2. The fraction of sp³-hybridized carbons (Fsp3) is 0.911. The lowest BCUT2D eigenvalue weighted by Gasteiger charge is -2.50. The Kier molecular flexibility index (Phi) is 64.1. The first-order valence-electron chi connectivity index (χ1n) is 46.6. The van der Waals surface area contributed by atoms with E-state index in [1.807, 2.05) is 0 Å². The fourth-order valence-corrected chi connectivity index (χ4v) is 16.2. The highest BCUT2D eigenvalue weighted by atomic mass is 31.2. The van der Waals surface area contributed by atoms with Crippen LogP contribution in [-0.2, 0) is 70.7 Å². The van der Waals surface area contributed by atoms with Crippen molar-refractivity contribution in [2.75, 3.05) is 26.4 Å². The van der Waals surface area contributed by atoms with Crippen LogP contribution in [0.3, 0.4) is 0 Å². The quantitative estimate of drug-likeness (QED) is 0.00889. The van der Waals surface area contributed by atoms with E-state index in [1.54, 1.807) is 0 Å². The van der Waals surface area contributed by atoms with Gasteiger partial charge in [0.2, 0.25) is 0 Å². The molecule has 10 N–H and O–H groups in total. The molecule has 25 nitrogen and oxygen atoms in total. The van der Waals surface area contributed by atoms with Gasteiger partial charge in [-0.1, -0.05) is 315 Å². The van der Waals surface area contributed by atoms with Gasteiger partial charge in [0.15, 0.2) is 24.8 Å². The van der Waals surface area contributed by atoms with Crippen LogP contribution < -0.4 is 0 Å². The first-order chi connectivity index (χ1) is 56.2. The summed E-state index contributed by atoms with van der Waals surface area (Å²) < 4.78 is 73.3. The van der Waals surface area contributed by atoms with Crippen LogP contribution in [0.5, 0.6) is 0 Å². The van der Waals surface area contributed by atoms with Crippen molar-refractivity contribution in [3.8, 4) is 0 Å². The molecule has 1 aliphatic carbocycles. The molecule has 3 fully saturated rings. The van der Waals surface area contributed by atoms with E-state index >= 15 is 0 Å². The molecule has 116 heavy (non-hydrogen) atoms. The molecule has 2 aliphatic heterocycles. The molecule has 0 aromatic carbocycles. The topological polar surface area (TPSA) is 380 Å². The van der Waals surface area contributed by atoms with Crippen molar-refractivity contribution >= 4 is 31.7 Å². The maximum atomic E-state index is 14.9. The van der Waals surface area contributed by atoms with Crippen LogP contribution >= 0.6 is 7.82 Å². The molecular weight excluding hydrogens is 1510 g/mol. The van der Waals surface area contributed by atoms with Gasteiger partial charge in [-0.3, -0.25) is 28.2 Å². The monoisotopic (exact) mass is 1680 g/mol. The van der Waals surface area contributed by atoms with Crippen LogP contribution in [0.15, 0.2) is 24.3 Å². The van der Waals surface area contributed by atoms with Crippen molar-refractivity contribution in [3.63, 3.8) is 0 Å². The number of carbonyl (C=O) groups is 4. The molecule has 0 bridgehead atoms. The number of unbranched alkanes of at least 4 members (excludes halogenated alkanes) is 47. The SMILES string of the molecule is CCCCCCCC/C=C\CCCCCC(=O)OC(COC(=O)CCCCCCCCCCCCCCCCCC)COP(=O)(O)OC1C(OC2OC(CO)C(O)C(O)C2O)C(O)C(O)C(OC(=O)CCCCC/C=C\CCCCCCCC)C1OC1OC(COC(=O)CCCCCCCCCCCCCCCCC)C(O)C(O)C1O. The first kappa shape index (κ1) is 107. The zero-order valence-corrected chi connectivity index (χ0v) is 73.2. The van der Waals surface area contributed by atoms with E-state index in [9.17, 15) is 74.6 Å². The third kappa shape index (κ3) is 49.3. The molecule has 2 saturated heterocycles. The highest BCUT2D eigenvalue weighted by Crippen LogP contribution is 2.49. The smallest absolute Gasteiger partial charge is 0.463 e. The van der Waals surface area contributed by atoms with Gasteiger partial charge < -0.3 is 88.7 Å². The van der Waals surface area contributed by atoms with Gasteiger partial charge >= 0.3 is 31.7 Å². The predicted octanol–water partition coefficient (Wildman–Crippen LogP) is 16.9. The second-order valence-electron chi connectivity index (χ2n) is 33.2. The van der Waals surface area contributed by atoms with Crippen molar-refractivity contribution in [2.45, 2.75) is 498 Å². The molecule has 0 radical (unpaired) electrons. The van der Waals surface area contributed by atoms with E-state index in [-0.39, 0.29) is 32.1 Å². The molecule has 3 aliphatic rings. The van der Waals surface area contributed by atoms with E-state index < -0.39 is 162 Å². The lowest BCUT2D eigenvalue weighted by molar-refractivity contribution is -0.360. The van der Waals surface area contributed by atoms with Crippen molar-refractivity contribution < 1.29 is 122 Å². The summed E-state index contributed by atoms with van der Waals surface area (Å²) in [5.41, 5.74) is 0. The summed E-state index contributed by atoms with van der Waals surface area (Å²) in [7, 11) is -5.81. The first-order valence-corrected chi connectivity index (χ1v) is 48.1. The summed E-state index contributed by atoms with van der Waals surface area (Å²) >= 11 is 0. The number of aliphatic hydroxyl groups excluding tert-OH is 9. The molecule has 1 saturated carbocycles. The Hall–Kier alpha value is -3.05. The molecule has 2 heterocycles. The summed E-state index contributed by atoms with van der Waals surface area (Å²) in [5.74, 6) is -3.00. The lowest BCUT2D eigenvalue weighted by Crippen LogP contribution is -2.70. The Morgan fingerprint density at radius 1 is 0.336 bits per heavy atom. The third-order valence-electron chi connectivity index (χ3n) is 22.7. The van der Waals surface area contributed by atoms with Gasteiger partial charge in [0.05, 0.1) is 13.2 Å². The van der Waals surface area contributed by atoms with E-state index in [0.717, 1.165) is 116 Å². The maximum Gasteiger partial charge on any atom is 0.472 e. The second-order valence-corrected chi connectivity index (χ2v) is 34.6. The fourth-order valence-electron chi connectivity index (χ4n) is 15.2. The van der Waals surface area contributed by atoms with Crippen LogP contribution in [0.1, 0.15) is 394 Å². The van der Waals surface area contributed by atoms with E-state index in [0.29, 0.717) is 38.5 Å². The maximum absolute atomic E-state index is 14.9. The minimum Gasteiger partial charge on any atom is -0.463 e. The number of allylic oxidation sites excluding steroid dienone is 4.